The van der Waals surface area contributed by atoms with Gasteiger partial charge in [0.1, 0.15) is 6.04 Å². The Morgan fingerprint density at radius 3 is 2.78 bits per heavy atom. The zero-order valence-electron chi connectivity index (χ0n) is 11.5. The molecule has 5 nitrogen and oxygen atoms in total. The van der Waals surface area contributed by atoms with E-state index in [1.807, 2.05) is 0 Å². The molecular weight excluding hydrogens is 230 g/mol. The summed E-state index contributed by atoms with van der Waals surface area (Å²) in [5, 5.41) is 6.11. The largest absolute Gasteiger partial charge is 0.353 e. The molecule has 18 heavy (non-hydrogen) atoms. The molecule has 2 atom stereocenters. The first-order valence-corrected chi connectivity index (χ1v) is 6.75. The zero-order chi connectivity index (χ0) is 13.3. The lowest BCUT2D eigenvalue weighted by molar-refractivity contribution is -0.146. The third-order valence-corrected chi connectivity index (χ3v) is 4.16. The van der Waals surface area contributed by atoms with E-state index in [0.29, 0.717) is 13.1 Å². The number of piperidine rings is 1. The number of piperazine rings is 1. The average Bonchev–Trinajstić information content (AvgIpc) is 2.31. The second-order valence-corrected chi connectivity index (χ2v) is 5.98. The zero-order valence-corrected chi connectivity index (χ0v) is 11.5. The number of nitrogens with one attached hydrogen (secondary N) is 2. The van der Waals surface area contributed by atoms with Crippen molar-refractivity contribution in [2.45, 2.75) is 45.7 Å². The summed E-state index contributed by atoms with van der Waals surface area (Å²) in [6.07, 6.45) is 2.15. The lowest BCUT2D eigenvalue weighted by Crippen LogP contribution is -2.63. The molecule has 2 N–H and O–H groups in total. The average molecular weight is 253 g/mol. The van der Waals surface area contributed by atoms with Gasteiger partial charge in [-0.2, -0.15) is 0 Å². The molecule has 0 radical (unpaired) electrons. The van der Waals surface area contributed by atoms with Crippen LogP contribution in [-0.2, 0) is 9.59 Å². The molecule has 2 aliphatic heterocycles. The van der Waals surface area contributed by atoms with Crippen LogP contribution in [0.25, 0.3) is 0 Å². The van der Waals surface area contributed by atoms with Crippen LogP contribution < -0.4 is 10.6 Å². The molecular formula is C13H23N3O2. The van der Waals surface area contributed by atoms with Crippen molar-refractivity contribution in [2.75, 3.05) is 19.6 Å². The fraction of sp³-hybridized carbons (Fsp3) is 0.846. The van der Waals surface area contributed by atoms with Gasteiger partial charge in [0.05, 0.1) is 6.04 Å². The van der Waals surface area contributed by atoms with E-state index in [0.717, 1.165) is 19.4 Å². The first-order chi connectivity index (χ1) is 8.43. The highest BCUT2D eigenvalue weighted by atomic mass is 16.2. The molecule has 0 aromatic rings. The molecule has 0 bridgehead atoms. The van der Waals surface area contributed by atoms with Gasteiger partial charge in [-0.15, -0.1) is 0 Å². The lowest BCUT2D eigenvalue weighted by Gasteiger charge is -2.43. The topological polar surface area (TPSA) is 61.4 Å². The molecule has 0 aromatic carbocycles. The first kappa shape index (κ1) is 13.3. The molecule has 0 spiro atoms. The van der Waals surface area contributed by atoms with Crippen molar-refractivity contribution >= 4 is 11.8 Å². The molecule has 2 saturated heterocycles. The monoisotopic (exact) mass is 253 g/mol. The highest BCUT2D eigenvalue weighted by molar-refractivity contribution is 5.91. The van der Waals surface area contributed by atoms with Crippen LogP contribution in [0.1, 0.15) is 33.6 Å². The lowest BCUT2D eigenvalue weighted by atomic mass is 9.77. The van der Waals surface area contributed by atoms with E-state index in [1.165, 1.54) is 0 Å². The molecule has 2 rings (SSSR count). The summed E-state index contributed by atoms with van der Waals surface area (Å²) in [4.78, 5) is 25.9. The van der Waals surface area contributed by atoms with Gasteiger partial charge in [0.15, 0.2) is 0 Å². The normalized spacial score (nSPS) is 31.9. The van der Waals surface area contributed by atoms with E-state index in [9.17, 15) is 9.59 Å². The molecule has 5 heteroatoms. The minimum Gasteiger partial charge on any atom is -0.353 e. The van der Waals surface area contributed by atoms with Crippen molar-refractivity contribution in [1.29, 1.82) is 0 Å². The minimum atomic E-state index is -0.356. The Hall–Kier alpha value is -1.10. The predicted molar refractivity (Wildman–Crippen MR) is 69.0 cm³/mol. The van der Waals surface area contributed by atoms with Crippen molar-refractivity contribution in [1.82, 2.24) is 15.5 Å². The van der Waals surface area contributed by atoms with Gasteiger partial charge in [0, 0.05) is 13.1 Å². The SMILES string of the molecule is CC1C(=O)NCCN1C(=O)C1NCCCC1(C)C. The Labute approximate surface area is 108 Å². The number of rotatable bonds is 1. The van der Waals surface area contributed by atoms with Crippen molar-refractivity contribution in [3.8, 4) is 0 Å². The highest BCUT2D eigenvalue weighted by Gasteiger charge is 2.41. The predicted octanol–water partition coefficient (Wildman–Crippen LogP) is 0.112. The molecule has 2 aliphatic rings. The van der Waals surface area contributed by atoms with Crippen LogP contribution in [0.5, 0.6) is 0 Å². The van der Waals surface area contributed by atoms with Gasteiger partial charge < -0.3 is 15.5 Å². The number of hydrogen-bond donors (Lipinski definition) is 2. The van der Waals surface area contributed by atoms with E-state index >= 15 is 0 Å². The number of carbonyl (C=O) groups is 2. The molecule has 102 valence electrons. The van der Waals surface area contributed by atoms with Crippen LogP contribution in [0.3, 0.4) is 0 Å². The second-order valence-electron chi connectivity index (χ2n) is 5.98. The standard InChI is InChI=1S/C13H23N3O2/c1-9-11(17)15-7-8-16(9)12(18)10-13(2,3)5-4-6-14-10/h9-10,14H,4-8H2,1-3H3,(H,15,17). The van der Waals surface area contributed by atoms with E-state index < -0.39 is 0 Å². The maximum atomic E-state index is 12.6. The number of nitrogens with zero attached hydrogens (tertiary/aromatic N) is 1. The molecule has 2 unspecified atom stereocenters. The van der Waals surface area contributed by atoms with Crippen LogP contribution >= 0.6 is 0 Å². The van der Waals surface area contributed by atoms with Crippen LogP contribution in [0.2, 0.25) is 0 Å². The summed E-state index contributed by atoms with van der Waals surface area (Å²) in [6.45, 7) is 8.09. The van der Waals surface area contributed by atoms with Gasteiger partial charge in [0.25, 0.3) is 0 Å². The van der Waals surface area contributed by atoms with Crippen molar-refractivity contribution < 1.29 is 9.59 Å². The quantitative estimate of drug-likeness (QED) is 0.697. The van der Waals surface area contributed by atoms with Crippen LogP contribution in [-0.4, -0.2) is 48.4 Å². The summed E-state index contributed by atoms with van der Waals surface area (Å²) >= 11 is 0. The second kappa shape index (κ2) is 4.88. The van der Waals surface area contributed by atoms with Crippen molar-refractivity contribution in [3.05, 3.63) is 0 Å². The summed E-state index contributed by atoms with van der Waals surface area (Å²) in [6, 6.07) is -0.523. The molecule has 0 aromatic heterocycles. The summed E-state index contributed by atoms with van der Waals surface area (Å²) < 4.78 is 0. The van der Waals surface area contributed by atoms with Crippen molar-refractivity contribution in [3.63, 3.8) is 0 Å². The van der Waals surface area contributed by atoms with Gasteiger partial charge in [-0.1, -0.05) is 13.8 Å². The van der Waals surface area contributed by atoms with Crippen molar-refractivity contribution in [2.24, 2.45) is 5.41 Å². The molecule has 2 heterocycles. The van der Waals surface area contributed by atoms with E-state index in [1.54, 1.807) is 11.8 Å². The number of carbonyl (C=O) groups excluding carboxylic acids is 2. The summed E-state index contributed by atoms with van der Waals surface area (Å²) in [7, 11) is 0. The molecule has 0 saturated carbocycles. The fourth-order valence-electron chi connectivity index (χ4n) is 2.88. The van der Waals surface area contributed by atoms with Gasteiger partial charge in [-0.3, -0.25) is 9.59 Å². The highest BCUT2D eigenvalue weighted by Crippen LogP contribution is 2.31. The minimum absolute atomic E-state index is 0.0387. The molecule has 2 amide bonds. The first-order valence-electron chi connectivity index (χ1n) is 6.75. The Morgan fingerprint density at radius 1 is 1.39 bits per heavy atom. The van der Waals surface area contributed by atoms with E-state index in [-0.39, 0.29) is 29.3 Å². The van der Waals surface area contributed by atoms with Gasteiger partial charge >= 0.3 is 0 Å². The smallest absolute Gasteiger partial charge is 0.242 e. The Kier molecular flexibility index (Phi) is 3.61. The molecule has 2 fully saturated rings. The van der Waals surface area contributed by atoms with E-state index in [4.69, 9.17) is 0 Å². The maximum absolute atomic E-state index is 12.6. The van der Waals surface area contributed by atoms with Gasteiger partial charge in [-0.25, -0.2) is 0 Å². The van der Waals surface area contributed by atoms with Gasteiger partial charge in [-0.05, 0) is 31.7 Å². The third kappa shape index (κ3) is 2.36. The maximum Gasteiger partial charge on any atom is 0.242 e. The fourth-order valence-corrected chi connectivity index (χ4v) is 2.88. The summed E-state index contributed by atoms with van der Waals surface area (Å²) in [5.41, 5.74) is -0.0387. The Bertz CT molecular complexity index is 354. The van der Waals surface area contributed by atoms with Crippen LogP contribution in [0.15, 0.2) is 0 Å². The van der Waals surface area contributed by atoms with E-state index in [2.05, 4.69) is 24.5 Å². The Balaban J connectivity index is 2.12. The molecule has 0 aliphatic carbocycles. The Morgan fingerprint density at radius 2 is 2.11 bits per heavy atom. The number of amides is 2. The van der Waals surface area contributed by atoms with Gasteiger partial charge in [0.2, 0.25) is 11.8 Å². The number of hydrogen-bond acceptors (Lipinski definition) is 3. The van der Waals surface area contributed by atoms with Crippen LogP contribution in [0, 0.1) is 5.41 Å². The summed E-state index contributed by atoms with van der Waals surface area (Å²) in [5.74, 6) is 0.0188. The van der Waals surface area contributed by atoms with Crippen LogP contribution in [0.4, 0.5) is 0 Å². The third-order valence-electron chi connectivity index (χ3n) is 4.16.